The third-order valence-electron chi connectivity index (χ3n) is 2.28. The van der Waals surface area contributed by atoms with Crippen molar-refractivity contribution in [3.05, 3.63) is 22.7 Å². The summed E-state index contributed by atoms with van der Waals surface area (Å²) >= 11 is 0. The lowest BCUT2D eigenvalue weighted by atomic mass is 10.3. The molecule has 1 unspecified atom stereocenters. The van der Waals surface area contributed by atoms with Crippen LogP contribution in [0.2, 0.25) is 0 Å². The molecule has 0 aliphatic rings. The van der Waals surface area contributed by atoms with E-state index >= 15 is 0 Å². The summed E-state index contributed by atoms with van der Waals surface area (Å²) in [5, 5.41) is 2.78. The molecule has 6 heteroatoms. The third kappa shape index (κ3) is 2.82. The second kappa shape index (κ2) is 5.29. The Balaban J connectivity index is 2.72. The lowest BCUT2D eigenvalue weighted by Gasteiger charge is -2.20. The van der Waals surface area contributed by atoms with E-state index in [1.54, 1.807) is 18.9 Å². The zero-order valence-corrected chi connectivity index (χ0v) is 9.65. The fourth-order valence-electron chi connectivity index (χ4n) is 1.21. The first-order valence-electron chi connectivity index (χ1n) is 5.11. The number of amides is 1. The van der Waals surface area contributed by atoms with Crippen LogP contribution >= 0.6 is 0 Å². The number of rotatable bonds is 4. The monoisotopic (exact) mass is 224 g/mol. The van der Waals surface area contributed by atoms with Gasteiger partial charge < -0.3 is 15.2 Å². The molecular weight excluding hydrogens is 208 g/mol. The number of nitrogens with zero attached hydrogens (tertiary/aromatic N) is 2. The maximum Gasteiger partial charge on any atom is 0.290 e. The largest absolute Gasteiger partial charge is 0.354 e. The van der Waals surface area contributed by atoms with Crippen LogP contribution in [0, 0.1) is 0 Å². The third-order valence-corrected chi connectivity index (χ3v) is 2.28. The maximum atomic E-state index is 11.7. The molecule has 1 atom stereocenters. The molecule has 1 amide bonds. The summed E-state index contributed by atoms with van der Waals surface area (Å²) in [5.41, 5.74) is -0.332. The van der Waals surface area contributed by atoms with E-state index in [2.05, 4.69) is 15.3 Å². The van der Waals surface area contributed by atoms with Gasteiger partial charge in [-0.25, -0.2) is 4.98 Å². The van der Waals surface area contributed by atoms with Crippen molar-refractivity contribution in [1.82, 2.24) is 14.9 Å². The molecule has 0 aliphatic heterocycles. The topological polar surface area (TPSA) is 78.1 Å². The minimum Gasteiger partial charge on any atom is -0.354 e. The summed E-state index contributed by atoms with van der Waals surface area (Å²) < 4.78 is 0. The first-order chi connectivity index (χ1) is 7.56. The zero-order valence-electron chi connectivity index (χ0n) is 9.65. The van der Waals surface area contributed by atoms with Crippen molar-refractivity contribution in [3.63, 3.8) is 0 Å². The lowest BCUT2D eigenvalue weighted by molar-refractivity contribution is -0.130. The van der Waals surface area contributed by atoms with Gasteiger partial charge in [0.1, 0.15) is 6.04 Å². The maximum absolute atomic E-state index is 11.7. The van der Waals surface area contributed by atoms with Gasteiger partial charge in [-0.1, -0.05) is 0 Å². The van der Waals surface area contributed by atoms with Crippen molar-refractivity contribution < 1.29 is 4.79 Å². The van der Waals surface area contributed by atoms with Crippen LogP contribution in [-0.2, 0) is 4.79 Å². The SMILES string of the molecule is CCN(C)C(=O)C(C)Nc1ncc[nH]c1=O. The Morgan fingerprint density at radius 1 is 1.69 bits per heavy atom. The Labute approximate surface area is 93.7 Å². The molecule has 88 valence electrons. The van der Waals surface area contributed by atoms with Crippen LogP contribution in [0.1, 0.15) is 13.8 Å². The number of aromatic nitrogens is 2. The molecule has 2 N–H and O–H groups in total. The Bertz CT molecular complexity index is 415. The van der Waals surface area contributed by atoms with Gasteiger partial charge in [-0.15, -0.1) is 0 Å². The summed E-state index contributed by atoms with van der Waals surface area (Å²) in [6.07, 6.45) is 2.91. The van der Waals surface area contributed by atoms with Gasteiger partial charge in [-0.2, -0.15) is 0 Å². The van der Waals surface area contributed by atoms with E-state index in [9.17, 15) is 9.59 Å². The van der Waals surface area contributed by atoms with Crippen molar-refractivity contribution in [3.8, 4) is 0 Å². The molecule has 16 heavy (non-hydrogen) atoms. The molecule has 0 saturated carbocycles. The molecule has 0 bridgehead atoms. The van der Waals surface area contributed by atoms with Crippen LogP contribution in [0.15, 0.2) is 17.2 Å². The number of aromatic amines is 1. The number of carbonyl (C=O) groups excluding carboxylic acids is 1. The number of likely N-dealkylation sites (N-methyl/N-ethyl adjacent to an activating group) is 1. The van der Waals surface area contributed by atoms with E-state index in [4.69, 9.17) is 0 Å². The quantitative estimate of drug-likeness (QED) is 0.757. The molecule has 0 aromatic carbocycles. The van der Waals surface area contributed by atoms with E-state index in [0.717, 1.165) is 0 Å². The second-order valence-corrected chi connectivity index (χ2v) is 3.49. The molecule has 1 rings (SSSR count). The van der Waals surface area contributed by atoms with E-state index in [0.29, 0.717) is 6.54 Å². The Hall–Kier alpha value is -1.85. The van der Waals surface area contributed by atoms with Crippen LogP contribution in [0.25, 0.3) is 0 Å². The molecular formula is C10H16N4O2. The number of hydrogen-bond acceptors (Lipinski definition) is 4. The van der Waals surface area contributed by atoms with Crippen LogP contribution < -0.4 is 10.9 Å². The summed E-state index contributed by atoms with van der Waals surface area (Å²) in [7, 11) is 1.71. The Morgan fingerprint density at radius 2 is 2.38 bits per heavy atom. The Kier molecular flexibility index (Phi) is 4.04. The first-order valence-corrected chi connectivity index (χ1v) is 5.11. The summed E-state index contributed by atoms with van der Waals surface area (Å²) in [4.78, 5) is 30.9. The van der Waals surface area contributed by atoms with Crippen LogP contribution in [-0.4, -0.2) is 40.4 Å². The van der Waals surface area contributed by atoms with Gasteiger partial charge in [0.05, 0.1) is 0 Å². The minimum atomic E-state index is -0.471. The van der Waals surface area contributed by atoms with Crippen LogP contribution in [0.3, 0.4) is 0 Å². The fourth-order valence-corrected chi connectivity index (χ4v) is 1.21. The normalized spacial score (nSPS) is 11.9. The fraction of sp³-hybridized carbons (Fsp3) is 0.500. The molecule has 6 nitrogen and oxygen atoms in total. The van der Waals surface area contributed by atoms with Gasteiger partial charge in [0, 0.05) is 26.0 Å². The number of hydrogen-bond donors (Lipinski definition) is 2. The van der Waals surface area contributed by atoms with Gasteiger partial charge >= 0.3 is 0 Å². The van der Waals surface area contributed by atoms with Crippen LogP contribution in [0.4, 0.5) is 5.82 Å². The highest BCUT2D eigenvalue weighted by atomic mass is 16.2. The number of anilines is 1. The molecule has 1 heterocycles. The molecule has 0 saturated heterocycles. The second-order valence-electron chi connectivity index (χ2n) is 3.49. The van der Waals surface area contributed by atoms with Gasteiger partial charge in [0.2, 0.25) is 5.91 Å². The van der Waals surface area contributed by atoms with Crippen molar-refractivity contribution in [2.24, 2.45) is 0 Å². The lowest BCUT2D eigenvalue weighted by Crippen LogP contribution is -2.40. The molecule has 0 spiro atoms. The van der Waals surface area contributed by atoms with Crippen molar-refractivity contribution in [2.75, 3.05) is 18.9 Å². The predicted molar refractivity (Wildman–Crippen MR) is 61.3 cm³/mol. The number of carbonyl (C=O) groups is 1. The van der Waals surface area contributed by atoms with Crippen molar-refractivity contribution >= 4 is 11.7 Å². The summed E-state index contributed by atoms with van der Waals surface area (Å²) in [5.74, 6) is 0.0837. The smallest absolute Gasteiger partial charge is 0.290 e. The van der Waals surface area contributed by atoms with Gasteiger partial charge in [-0.05, 0) is 13.8 Å². The average molecular weight is 224 g/mol. The highest BCUT2D eigenvalue weighted by molar-refractivity contribution is 5.83. The van der Waals surface area contributed by atoms with E-state index in [1.807, 2.05) is 6.92 Å². The molecule has 1 aromatic rings. The summed E-state index contributed by atoms with van der Waals surface area (Å²) in [6.45, 7) is 4.21. The highest BCUT2D eigenvalue weighted by Crippen LogP contribution is 1.98. The predicted octanol–water partition coefficient (Wildman–Crippen LogP) is 0.0486. The first kappa shape index (κ1) is 12.2. The van der Waals surface area contributed by atoms with E-state index in [1.165, 1.54) is 12.4 Å². The minimum absolute atomic E-state index is 0.0763. The van der Waals surface area contributed by atoms with Crippen molar-refractivity contribution in [1.29, 1.82) is 0 Å². The Morgan fingerprint density at radius 3 is 2.94 bits per heavy atom. The number of nitrogens with one attached hydrogen (secondary N) is 2. The number of H-pyrrole nitrogens is 1. The average Bonchev–Trinajstić information content (AvgIpc) is 2.30. The van der Waals surface area contributed by atoms with Crippen molar-refractivity contribution in [2.45, 2.75) is 19.9 Å². The van der Waals surface area contributed by atoms with E-state index < -0.39 is 6.04 Å². The van der Waals surface area contributed by atoms with E-state index in [-0.39, 0.29) is 17.3 Å². The zero-order chi connectivity index (χ0) is 12.1. The van der Waals surface area contributed by atoms with Gasteiger partial charge in [0.15, 0.2) is 5.82 Å². The van der Waals surface area contributed by atoms with Gasteiger partial charge in [0.25, 0.3) is 5.56 Å². The molecule has 0 fully saturated rings. The summed E-state index contributed by atoms with van der Waals surface area (Å²) in [6, 6.07) is -0.471. The highest BCUT2D eigenvalue weighted by Gasteiger charge is 2.17. The molecule has 1 aromatic heterocycles. The van der Waals surface area contributed by atoms with Crippen LogP contribution in [0.5, 0.6) is 0 Å². The molecule has 0 radical (unpaired) electrons. The molecule has 0 aliphatic carbocycles. The standard InChI is InChI=1S/C10H16N4O2/c1-4-14(3)10(16)7(2)13-8-9(15)12-6-5-11-8/h5-7H,4H2,1-3H3,(H,11,13)(H,12,15). The van der Waals surface area contributed by atoms with Gasteiger partial charge in [-0.3, -0.25) is 9.59 Å².